The minimum atomic E-state index is -3.84. The van der Waals surface area contributed by atoms with Crippen molar-refractivity contribution in [3.8, 4) is 0 Å². The zero-order chi connectivity index (χ0) is 16.6. The third kappa shape index (κ3) is 6.26. The Hall–Kier alpha value is -1.89. The Labute approximate surface area is 131 Å². The van der Waals surface area contributed by atoms with Gasteiger partial charge in [0, 0.05) is 19.0 Å². The summed E-state index contributed by atoms with van der Waals surface area (Å²) >= 11 is 0. The second-order valence-corrected chi connectivity index (χ2v) is 6.73. The van der Waals surface area contributed by atoms with E-state index in [0.717, 1.165) is 32.6 Å². The summed E-state index contributed by atoms with van der Waals surface area (Å²) in [6.45, 7) is 3.24. The number of hydrogen-bond acceptors (Lipinski definition) is 4. The van der Waals surface area contributed by atoms with Gasteiger partial charge in [0.2, 0.25) is 11.8 Å². The van der Waals surface area contributed by atoms with Crippen molar-refractivity contribution in [3.05, 3.63) is 24.3 Å². The Kier molecular flexibility index (Phi) is 7.04. The van der Waals surface area contributed by atoms with Gasteiger partial charge < -0.3 is 5.32 Å². The van der Waals surface area contributed by atoms with Crippen molar-refractivity contribution in [1.29, 1.82) is 0 Å². The van der Waals surface area contributed by atoms with Crippen LogP contribution in [-0.2, 0) is 19.6 Å². The van der Waals surface area contributed by atoms with E-state index in [1.165, 1.54) is 24.3 Å². The van der Waals surface area contributed by atoms with Crippen molar-refractivity contribution in [1.82, 2.24) is 4.72 Å². The molecule has 22 heavy (non-hydrogen) atoms. The maximum absolute atomic E-state index is 11.8. The summed E-state index contributed by atoms with van der Waals surface area (Å²) in [5, 5.41) is 2.72. The molecule has 0 unspecified atom stereocenters. The zero-order valence-corrected chi connectivity index (χ0v) is 13.7. The molecule has 2 N–H and O–H groups in total. The standard InChI is InChI=1S/C15H22N2O4S/c1-3-4-5-6-7-15(19)16-13-8-10-14(11-9-13)22(20,21)17-12(2)18/h8-11H,3-7H2,1-2H3,(H,16,19)(H,17,18). The van der Waals surface area contributed by atoms with Crippen molar-refractivity contribution in [2.75, 3.05) is 5.32 Å². The van der Waals surface area contributed by atoms with Crippen LogP contribution in [0.2, 0.25) is 0 Å². The van der Waals surface area contributed by atoms with Crippen molar-refractivity contribution in [3.63, 3.8) is 0 Å². The number of unbranched alkanes of at least 4 members (excludes halogenated alkanes) is 3. The fourth-order valence-corrected chi connectivity index (χ4v) is 2.89. The van der Waals surface area contributed by atoms with Crippen LogP contribution in [0.25, 0.3) is 0 Å². The molecule has 0 aliphatic carbocycles. The molecule has 0 bridgehead atoms. The summed E-state index contributed by atoms with van der Waals surface area (Å²) in [5.74, 6) is -0.738. The van der Waals surface area contributed by atoms with E-state index < -0.39 is 15.9 Å². The molecule has 0 saturated carbocycles. The molecule has 0 saturated heterocycles. The number of benzene rings is 1. The molecule has 0 atom stereocenters. The predicted molar refractivity (Wildman–Crippen MR) is 84.8 cm³/mol. The van der Waals surface area contributed by atoms with Crippen molar-refractivity contribution >= 4 is 27.5 Å². The van der Waals surface area contributed by atoms with Crippen LogP contribution >= 0.6 is 0 Å². The number of rotatable bonds is 8. The first-order chi connectivity index (χ1) is 10.3. The van der Waals surface area contributed by atoms with E-state index in [1.807, 2.05) is 4.72 Å². The van der Waals surface area contributed by atoms with Crippen molar-refractivity contribution < 1.29 is 18.0 Å². The zero-order valence-electron chi connectivity index (χ0n) is 12.9. The number of carbonyl (C=O) groups is 2. The SMILES string of the molecule is CCCCCCC(=O)Nc1ccc(S(=O)(=O)NC(C)=O)cc1. The lowest BCUT2D eigenvalue weighted by Gasteiger charge is -2.07. The van der Waals surface area contributed by atoms with Crippen molar-refractivity contribution in [2.45, 2.75) is 50.8 Å². The van der Waals surface area contributed by atoms with E-state index in [2.05, 4.69) is 12.2 Å². The maximum Gasteiger partial charge on any atom is 0.264 e. The summed E-state index contributed by atoms with van der Waals surface area (Å²) in [6.07, 6.45) is 4.55. The molecule has 0 heterocycles. The Morgan fingerprint density at radius 2 is 1.68 bits per heavy atom. The fourth-order valence-electron chi connectivity index (χ4n) is 1.90. The molecule has 0 radical (unpaired) electrons. The monoisotopic (exact) mass is 326 g/mol. The highest BCUT2D eigenvalue weighted by molar-refractivity contribution is 7.90. The van der Waals surface area contributed by atoms with E-state index in [0.29, 0.717) is 12.1 Å². The molecule has 0 aliphatic heterocycles. The van der Waals surface area contributed by atoms with Gasteiger partial charge in [-0.1, -0.05) is 26.2 Å². The van der Waals surface area contributed by atoms with Crippen LogP contribution in [0.3, 0.4) is 0 Å². The average molecular weight is 326 g/mol. The summed E-state index contributed by atoms with van der Waals surface area (Å²) in [6, 6.07) is 5.69. The molecule has 1 rings (SSSR count). The summed E-state index contributed by atoms with van der Waals surface area (Å²) in [7, 11) is -3.84. The number of sulfonamides is 1. The number of amides is 2. The second-order valence-electron chi connectivity index (χ2n) is 5.04. The number of hydrogen-bond donors (Lipinski definition) is 2. The van der Waals surface area contributed by atoms with Crippen LogP contribution in [0.15, 0.2) is 29.2 Å². The Bertz CT molecular complexity index is 609. The lowest BCUT2D eigenvalue weighted by molar-refractivity contribution is -0.117. The molecule has 1 aromatic carbocycles. The predicted octanol–water partition coefficient (Wildman–Crippen LogP) is 2.42. The Balaban J connectivity index is 2.58. The highest BCUT2D eigenvalue weighted by atomic mass is 32.2. The number of anilines is 1. The van der Waals surface area contributed by atoms with Gasteiger partial charge in [-0.2, -0.15) is 0 Å². The molecular weight excluding hydrogens is 304 g/mol. The molecule has 7 heteroatoms. The van der Waals surface area contributed by atoms with Gasteiger partial charge in [-0.25, -0.2) is 13.1 Å². The summed E-state index contributed by atoms with van der Waals surface area (Å²) in [5.41, 5.74) is 0.530. The van der Waals surface area contributed by atoms with E-state index >= 15 is 0 Å². The molecule has 0 aromatic heterocycles. The van der Waals surface area contributed by atoms with Crippen LogP contribution in [0.1, 0.15) is 46.0 Å². The smallest absolute Gasteiger partial charge is 0.264 e. The summed E-state index contributed by atoms with van der Waals surface area (Å²) < 4.78 is 25.4. The van der Waals surface area contributed by atoms with E-state index in [4.69, 9.17) is 0 Å². The van der Waals surface area contributed by atoms with Crippen LogP contribution < -0.4 is 10.0 Å². The fraction of sp³-hybridized carbons (Fsp3) is 0.467. The average Bonchev–Trinajstić information content (AvgIpc) is 2.43. The van der Waals surface area contributed by atoms with E-state index in [1.54, 1.807) is 0 Å². The lowest BCUT2D eigenvalue weighted by Crippen LogP contribution is -2.28. The molecular formula is C15H22N2O4S. The molecule has 2 amide bonds. The molecule has 0 spiro atoms. The number of nitrogens with one attached hydrogen (secondary N) is 2. The van der Waals surface area contributed by atoms with Crippen LogP contribution in [0.4, 0.5) is 5.69 Å². The van der Waals surface area contributed by atoms with Crippen LogP contribution in [0.5, 0.6) is 0 Å². The van der Waals surface area contributed by atoms with Gasteiger partial charge in [0.15, 0.2) is 0 Å². The summed E-state index contributed by atoms with van der Waals surface area (Å²) in [4.78, 5) is 22.5. The van der Waals surface area contributed by atoms with Gasteiger partial charge >= 0.3 is 0 Å². The Morgan fingerprint density at radius 3 is 2.23 bits per heavy atom. The van der Waals surface area contributed by atoms with Gasteiger partial charge in [0.25, 0.3) is 10.0 Å². The van der Waals surface area contributed by atoms with Gasteiger partial charge in [0.1, 0.15) is 0 Å². The minimum Gasteiger partial charge on any atom is -0.326 e. The maximum atomic E-state index is 11.8. The first-order valence-electron chi connectivity index (χ1n) is 7.28. The lowest BCUT2D eigenvalue weighted by atomic mass is 10.1. The van der Waals surface area contributed by atoms with Gasteiger partial charge in [-0.3, -0.25) is 9.59 Å². The molecule has 0 fully saturated rings. The largest absolute Gasteiger partial charge is 0.326 e. The van der Waals surface area contributed by atoms with Crippen molar-refractivity contribution in [2.24, 2.45) is 0 Å². The third-order valence-electron chi connectivity index (χ3n) is 2.98. The quantitative estimate of drug-likeness (QED) is 0.718. The first-order valence-corrected chi connectivity index (χ1v) is 8.77. The van der Waals surface area contributed by atoms with Gasteiger partial charge in [0.05, 0.1) is 4.90 Å². The highest BCUT2D eigenvalue weighted by Gasteiger charge is 2.15. The minimum absolute atomic E-state index is 0.0244. The first kappa shape index (κ1) is 18.2. The second kappa shape index (κ2) is 8.53. The topological polar surface area (TPSA) is 92.3 Å². The van der Waals surface area contributed by atoms with Crippen LogP contribution in [0, 0.1) is 0 Å². The van der Waals surface area contributed by atoms with E-state index in [-0.39, 0.29) is 10.8 Å². The van der Waals surface area contributed by atoms with E-state index in [9.17, 15) is 18.0 Å². The molecule has 1 aromatic rings. The van der Waals surface area contributed by atoms with Crippen LogP contribution in [-0.4, -0.2) is 20.2 Å². The molecule has 0 aliphatic rings. The Morgan fingerprint density at radius 1 is 1.05 bits per heavy atom. The highest BCUT2D eigenvalue weighted by Crippen LogP contribution is 2.14. The normalized spacial score (nSPS) is 11.0. The number of carbonyl (C=O) groups excluding carboxylic acids is 2. The van der Waals surface area contributed by atoms with Gasteiger partial charge in [-0.05, 0) is 30.7 Å². The molecule has 6 nitrogen and oxygen atoms in total. The molecule has 122 valence electrons. The van der Waals surface area contributed by atoms with Gasteiger partial charge in [-0.15, -0.1) is 0 Å². The third-order valence-corrected chi connectivity index (χ3v) is 4.43.